The average Bonchev–Trinajstić information content (AvgIpc) is 1.87. The summed E-state index contributed by atoms with van der Waals surface area (Å²) in [5, 5.41) is 0. The average molecular weight is 156 g/mol. The molecule has 0 aliphatic carbocycles. The van der Waals surface area contributed by atoms with E-state index in [0.29, 0.717) is 0 Å². The van der Waals surface area contributed by atoms with Crippen LogP contribution in [0.3, 0.4) is 0 Å². The first-order valence-electron chi connectivity index (χ1n) is 3.87. The summed E-state index contributed by atoms with van der Waals surface area (Å²) in [5.74, 6) is -0.264. The SMILES string of the molecule is C/C=C/C(=O)OC(C)(C)CC. The number of rotatable bonds is 3. The number of carbonyl (C=O) groups excluding carboxylic acids is 1. The fourth-order valence-corrected chi connectivity index (χ4v) is 0.515. The molecule has 0 heterocycles. The van der Waals surface area contributed by atoms with E-state index in [-0.39, 0.29) is 11.6 Å². The summed E-state index contributed by atoms with van der Waals surface area (Å²) in [6.45, 7) is 7.58. The molecule has 0 aromatic rings. The predicted octanol–water partition coefficient (Wildman–Crippen LogP) is 2.29. The van der Waals surface area contributed by atoms with Crippen LogP contribution in [0.5, 0.6) is 0 Å². The Labute approximate surface area is 68.2 Å². The van der Waals surface area contributed by atoms with Gasteiger partial charge in [0.25, 0.3) is 0 Å². The molecule has 0 radical (unpaired) electrons. The lowest BCUT2D eigenvalue weighted by molar-refractivity contribution is -0.150. The first kappa shape index (κ1) is 10.2. The third kappa shape index (κ3) is 4.59. The summed E-state index contributed by atoms with van der Waals surface area (Å²) < 4.78 is 5.10. The molecule has 0 rings (SSSR count). The highest BCUT2D eigenvalue weighted by Crippen LogP contribution is 2.13. The number of esters is 1. The maximum atomic E-state index is 10.9. The Balaban J connectivity index is 3.93. The van der Waals surface area contributed by atoms with Crippen molar-refractivity contribution < 1.29 is 9.53 Å². The maximum absolute atomic E-state index is 10.9. The summed E-state index contributed by atoms with van der Waals surface area (Å²) in [4.78, 5) is 10.9. The third-order valence-corrected chi connectivity index (χ3v) is 1.53. The van der Waals surface area contributed by atoms with E-state index in [1.807, 2.05) is 20.8 Å². The molecule has 0 aliphatic rings. The highest BCUT2D eigenvalue weighted by atomic mass is 16.6. The van der Waals surface area contributed by atoms with Gasteiger partial charge in [-0.1, -0.05) is 13.0 Å². The van der Waals surface area contributed by atoms with Crippen LogP contribution >= 0.6 is 0 Å². The van der Waals surface area contributed by atoms with E-state index in [0.717, 1.165) is 6.42 Å². The molecule has 0 aromatic carbocycles. The van der Waals surface area contributed by atoms with Crippen LogP contribution < -0.4 is 0 Å². The van der Waals surface area contributed by atoms with Gasteiger partial charge in [0.2, 0.25) is 0 Å². The molecule has 2 heteroatoms. The van der Waals surface area contributed by atoms with Crippen molar-refractivity contribution in [3.8, 4) is 0 Å². The van der Waals surface area contributed by atoms with E-state index in [4.69, 9.17) is 4.74 Å². The lowest BCUT2D eigenvalue weighted by Gasteiger charge is -2.22. The quantitative estimate of drug-likeness (QED) is 0.463. The molecular weight excluding hydrogens is 140 g/mol. The van der Waals surface area contributed by atoms with E-state index < -0.39 is 0 Å². The van der Waals surface area contributed by atoms with Gasteiger partial charge in [0.1, 0.15) is 5.60 Å². The van der Waals surface area contributed by atoms with Crippen molar-refractivity contribution in [2.75, 3.05) is 0 Å². The van der Waals surface area contributed by atoms with Crippen LogP contribution in [0.1, 0.15) is 34.1 Å². The van der Waals surface area contributed by atoms with E-state index >= 15 is 0 Å². The Kier molecular flexibility index (Phi) is 3.86. The zero-order chi connectivity index (χ0) is 8.91. The van der Waals surface area contributed by atoms with Crippen molar-refractivity contribution in [2.24, 2.45) is 0 Å². The van der Waals surface area contributed by atoms with Crippen LogP contribution in [0.4, 0.5) is 0 Å². The molecule has 0 saturated carbocycles. The number of hydrogen-bond acceptors (Lipinski definition) is 2. The van der Waals surface area contributed by atoms with Crippen molar-refractivity contribution in [1.82, 2.24) is 0 Å². The van der Waals surface area contributed by atoms with Gasteiger partial charge in [0, 0.05) is 6.08 Å². The minimum Gasteiger partial charge on any atom is -0.457 e. The molecule has 64 valence electrons. The van der Waals surface area contributed by atoms with Crippen molar-refractivity contribution in [3.63, 3.8) is 0 Å². The number of hydrogen-bond donors (Lipinski definition) is 0. The van der Waals surface area contributed by atoms with Gasteiger partial charge in [-0.2, -0.15) is 0 Å². The molecule has 0 fully saturated rings. The van der Waals surface area contributed by atoms with Crippen LogP contribution in [-0.4, -0.2) is 11.6 Å². The molecule has 0 aromatic heterocycles. The Morgan fingerprint density at radius 1 is 1.55 bits per heavy atom. The standard InChI is InChI=1S/C9H16O2/c1-5-7-8(10)11-9(3,4)6-2/h5,7H,6H2,1-4H3/b7-5+. The fourth-order valence-electron chi connectivity index (χ4n) is 0.515. The highest BCUT2D eigenvalue weighted by Gasteiger charge is 2.18. The molecule has 0 spiro atoms. The van der Waals surface area contributed by atoms with Gasteiger partial charge in [-0.05, 0) is 27.2 Å². The van der Waals surface area contributed by atoms with E-state index in [9.17, 15) is 4.79 Å². The molecule has 2 nitrogen and oxygen atoms in total. The zero-order valence-electron chi connectivity index (χ0n) is 7.68. The van der Waals surface area contributed by atoms with E-state index in [2.05, 4.69) is 0 Å². The maximum Gasteiger partial charge on any atom is 0.330 e. The van der Waals surface area contributed by atoms with Gasteiger partial charge in [-0.15, -0.1) is 0 Å². The van der Waals surface area contributed by atoms with Crippen molar-refractivity contribution in [1.29, 1.82) is 0 Å². The Bertz CT molecular complexity index is 157. The first-order valence-corrected chi connectivity index (χ1v) is 3.87. The second kappa shape index (κ2) is 4.16. The molecular formula is C9H16O2. The van der Waals surface area contributed by atoms with Crippen LogP contribution in [0, 0.1) is 0 Å². The molecule has 0 saturated heterocycles. The van der Waals surface area contributed by atoms with Gasteiger partial charge in [-0.3, -0.25) is 0 Å². The predicted molar refractivity (Wildman–Crippen MR) is 45.3 cm³/mol. The van der Waals surface area contributed by atoms with Crippen LogP contribution in [0.2, 0.25) is 0 Å². The summed E-state index contributed by atoms with van der Waals surface area (Å²) in [5.41, 5.74) is -0.337. The Morgan fingerprint density at radius 3 is 2.45 bits per heavy atom. The van der Waals surface area contributed by atoms with Gasteiger partial charge in [0.15, 0.2) is 0 Å². The summed E-state index contributed by atoms with van der Waals surface area (Å²) in [6, 6.07) is 0. The van der Waals surface area contributed by atoms with Gasteiger partial charge in [-0.25, -0.2) is 4.79 Å². The molecule has 0 unspecified atom stereocenters. The molecule has 0 bridgehead atoms. The number of ether oxygens (including phenoxy) is 1. The largest absolute Gasteiger partial charge is 0.457 e. The summed E-state index contributed by atoms with van der Waals surface area (Å²) in [6.07, 6.45) is 3.93. The Hall–Kier alpha value is -0.790. The van der Waals surface area contributed by atoms with Crippen LogP contribution in [0.25, 0.3) is 0 Å². The molecule has 0 atom stereocenters. The second-order valence-corrected chi connectivity index (χ2v) is 3.03. The highest BCUT2D eigenvalue weighted by molar-refractivity contribution is 5.82. The number of allylic oxidation sites excluding steroid dienone is 1. The van der Waals surface area contributed by atoms with E-state index in [1.165, 1.54) is 6.08 Å². The second-order valence-electron chi connectivity index (χ2n) is 3.03. The van der Waals surface area contributed by atoms with Crippen molar-refractivity contribution in [2.45, 2.75) is 39.7 Å². The molecule has 11 heavy (non-hydrogen) atoms. The van der Waals surface area contributed by atoms with Crippen molar-refractivity contribution >= 4 is 5.97 Å². The van der Waals surface area contributed by atoms with Crippen LogP contribution in [0.15, 0.2) is 12.2 Å². The monoisotopic (exact) mass is 156 g/mol. The number of carbonyl (C=O) groups is 1. The smallest absolute Gasteiger partial charge is 0.330 e. The summed E-state index contributed by atoms with van der Waals surface area (Å²) >= 11 is 0. The lowest BCUT2D eigenvalue weighted by Crippen LogP contribution is -2.25. The topological polar surface area (TPSA) is 26.3 Å². The van der Waals surface area contributed by atoms with Gasteiger partial charge >= 0.3 is 5.97 Å². The van der Waals surface area contributed by atoms with Crippen molar-refractivity contribution in [3.05, 3.63) is 12.2 Å². The minimum absolute atomic E-state index is 0.264. The molecule has 0 aliphatic heterocycles. The van der Waals surface area contributed by atoms with Gasteiger partial charge < -0.3 is 4.74 Å². The fraction of sp³-hybridized carbons (Fsp3) is 0.667. The molecule has 0 N–H and O–H groups in total. The minimum atomic E-state index is -0.337. The first-order chi connectivity index (χ1) is 5.02. The van der Waals surface area contributed by atoms with E-state index in [1.54, 1.807) is 13.0 Å². The zero-order valence-corrected chi connectivity index (χ0v) is 7.68. The lowest BCUT2D eigenvalue weighted by atomic mass is 10.1. The molecule has 0 amide bonds. The Morgan fingerprint density at radius 2 is 2.09 bits per heavy atom. The third-order valence-electron chi connectivity index (χ3n) is 1.53. The van der Waals surface area contributed by atoms with Gasteiger partial charge in [0.05, 0.1) is 0 Å². The summed E-state index contributed by atoms with van der Waals surface area (Å²) in [7, 11) is 0. The van der Waals surface area contributed by atoms with Crippen LogP contribution in [-0.2, 0) is 9.53 Å². The normalized spacial score (nSPS) is 12.0.